The van der Waals surface area contributed by atoms with Crippen LogP contribution in [0.2, 0.25) is 0 Å². The van der Waals surface area contributed by atoms with Gasteiger partial charge in [-0.2, -0.15) is 0 Å². The maximum absolute atomic E-state index is 11.7. The number of hydrogen-bond acceptors (Lipinski definition) is 2. The van der Waals surface area contributed by atoms with Gasteiger partial charge >= 0.3 is 0 Å². The highest BCUT2D eigenvalue weighted by Gasteiger charge is 2.18. The summed E-state index contributed by atoms with van der Waals surface area (Å²) in [7, 11) is 0. The number of terminal acetylenes is 1. The normalized spacial score (nSPS) is 9.62. The van der Waals surface area contributed by atoms with Gasteiger partial charge in [0.1, 0.15) is 5.69 Å². The number of hydrogen-bond donors (Lipinski definition) is 2. The van der Waals surface area contributed by atoms with Crippen LogP contribution in [-0.4, -0.2) is 23.2 Å². The van der Waals surface area contributed by atoms with Crippen molar-refractivity contribution in [3.8, 4) is 12.3 Å². The Kier molecular flexibility index (Phi) is 3.51. The molecule has 1 heterocycles. The Morgan fingerprint density at radius 2 is 2.06 bits per heavy atom. The van der Waals surface area contributed by atoms with Gasteiger partial charge in [-0.15, -0.1) is 6.42 Å². The van der Waals surface area contributed by atoms with Gasteiger partial charge in [-0.3, -0.25) is 9.59 Å². The smallest absolute Gasteiger partial charge is 0.268 e. The molecular weight excluding hydrogens is 204 g/mol. The average Bonchev–Trinajstić information content (AvgIpc) is 2.50. The first-order valence-electron chi connectivity index (χ1n) is 4.90. The zero-order chi connectivity index (χ0) is 12.3. The van der Waals surface area contributed by atoms with E-state index in [-0.39, 0.29) is 18.2 Å². The van der Waals surface area contributed by atoms with Crippen LogP contribution in [0.1, 0.15) is 39.0 Å². The maximum Gasteiger partial charge on any atom is 0.268 e. The molecule has 0 atom stereocenters. The first-order valence-corrected chi connectivity index (χ1v) is 4.90. The number of aryl methyl sites for hydroxylation is 1. The molecule has 0 spiro atoms. The first kappa shape index (κ1) is 12.1. The molecule has 0 radical (unpaired) electrons. The molecule has 0 bridgehead atoms. The van der Waals surface area contributed by atoms with Crippen LogP contribution < -0.4 is 5.32 Å². The highest BCUT2D eigenvalue weighted by Crippen LogP contribution is 2.18. The Labute approximate surface area is 94.4 Å². The third kappa shape index (κ3) is 2.14. The lowest BCUT2D eigenvalue weighted by Gasteiger charge is -2.00. The molecule has 4 nitrogen and oxygen atoms in total. The van der Waals surface area contributed by atoms with E-state index in [4.69, 9.17) is 6.42 Å². The number of nitrogens with one attached hydrogen (secondary N) is 2. The van der Waals surface area contributed by atoms with E-state index in [1.807, 2.05) is 0 Å². The van der Waals surface area contributed by atoms with Gasteiger partial charge in [-0.05, 0) is 26.3 Å². The average molecular weight is 218 g/mol. The summed E-state index contributed by atoms with van der Waals surface area (Å²) >= 11 is 0. The van der Waals surface area contributed by atoms with Crippen molar-refractivity contribution in [2.45, 2.75) is 20.8 Å². The molecule has 4 heteroatoms. The van der Waals surface area contributed by atoms with E-state index in [1.165, 1.54) is 6.92 Å². The number of amides is 1. The Hall–Kier alpha value is -2.02. The summed E-state index contributed by atoms with van der Waals surface area (Å²) in [5.74, 6) is 1.98. The standard InChI is InChI=1S/C12H14N2O2/c1-5-6-13-12(16)11-7(2)10(9(4)15)8(3)14-11/h1,14H,6H2,2-4H3,(H,13,16). The molecule has 0 fully saturated rings. The molecule has 1 aromatic rings. The van der Waals surface area contributed by atoms with E-state index in [2.05, 4.69) is 16.2 Å². The molecule has 84 valence electrons. The fourth-order valence-electron chi connectivity index (χ4n) is 1.72. The van der Waals surface area contributed by atoms with Crippen LogP contribution >= 0.6 is 0 Å². The Bertz CT molecular complexity index is 478. The summed E-state index contributed by atoms with van der Waals surface area (Å²) in [5, 5.41) is 2.55. The first-order chi connectivity index (χ1) is 7.49. The van der Waals surface area contributed by atoms with E-state index < -0.39 is 0 Å². The van der Waals surface area contributed by atoms with Gasteiger partial charge in [-0.1, -0.05) is 5.92 Å². The van der Waals surface area contributed by atoms with Crippen LogP contribution in [0.5, 0.6) is 0 Å². The third-order valence-electron chi connectivity index (χ3n) is 2.37. The fraction of sp³-hybridized carbons (Fsp3) is 0.333. The molecule has 0 aromatic carbocycles. The molecule has 2 N–H and O–H groups in total. The van der Waals surface area contributed by atoms with Crippen LogP contribution in [0, 0.1) is 26.2 Å². The lowest BCUT2D eigenvalue weighted by molar-refractivity contribution is 0.0953. The van der Waals surface area contributed by atoms with Crippen molar-refractivity contribution in [1.29, 1.82) is 0 Å². The SMILES string of the molecule is C#CCNC(=O)c1[nH]c(C)c(C(C)=O)c1C. The predicted octanol–water partition coefficient (Wildman–Crippen LogP) is 1.20. The van der Waals surface area contributed by atoms with Crippen molar-refractivity contribution < 1.29 is 9.59 Å². The van der Waals surface area contributed by atoms with Crippen molar-refractivity contribution in [1.82, 2.24) is 10.3 Å². The van der Waals surface area contributed by atoms with Crippen LogP contribution in [-0.2, 0) is 0 Å². The van der Waals surface area contributed by atoms with Gasteiger partial charge in [0.05, 0.1) is 6.54 Å². The molecule has 0 unspecified atom stereocenters. The highest BCUT2D eigenvalue weighted by molar-refractivity contribution is 6.02. The van der Waals surface area contributed by atoms with Crippen molar-refractivity contribution in [3.05, 3.63) is 22.5 Å². The summed E-state index contributed by atoms with van der Waals surface area (Å²) in [4.78, 5) is 25.9. The van der Waals surface area contributed by atoms with Gasteiger partial charge in [0.15, 0.2) is 5.78 Å². The van der Waals surface area contributed by atoms with Gasteiger partial charge in [-0.25, -0.2) is 0 Å². The van der Waals surface area contributed by atoms with Gasteiger partial charge in [0, 0.05) is 11.3 Å². The summed E-state index contributed by atoms with van der Waals surface area (Å²) in [6.45, 7) is 5.16. The van der Waals surface area contributed by atoms with Crippen molar-refractivity contribution in [3.63, 3.8) is 0 Å². The number of aromatic nitrogens is 1. The van der Waals surface area contributed by atoms with E-state index in [9.17, 15) is 9.59 Å². The van der Waals surface area contributed by atoms with Crippen LogP contribution in [0.25, 0.3) is 0 Å². The summed E-state index contributed by atoms with van der Waals surface area (Å²) in [5.41, 5.74) is 2.35. The van der Waals surface area contributed by atoms with E-state index in [1.54, 1.807) is 13.8 Å². The zero-order valence-electron chi connectivity index (χ0n) is 9.60. The van der Waals surface area contributed by atoms with Crippen molar-refractivity contribution in [2.75, 3.05) is 6.54 Å². The second-order valence-electron chi connectivity index (χ2n) is 3.57. The maximum atomic E-state index is 11.7. The number of ketones is 1. The highest BCUT2D eigenvalue weighted by atomic mass is 16.2. The lowest BCUT2D eigenvalue weighted by Crippen LogP contribution is -2.24. The molecular formula is C12H14N2O2. The lowest BCUT2D eigenvalue weighted by atomic mass is 10.1. The Morgan fingerprint density at radius 3 is 2.50 bits per heavy atom. The number of H-pyrrole nitrogens is 1. The molecule has 0 aliphatic rings. The molecule has 0 saturated carbocycles. The zero-order valence-corrected chi connectivity index (χ0v) is 9.60. The molecule has 0 aliphatic heterocycles. The minimum atomic E-state index is -0.286. The van der Waals surface area contributed by atoms with Crippen LogP contribution in [0.15, 0.2) is 0 Å². The third-order valence-corrected chi connectivity index (χ3v) is 2.37. The van der Waals surface area contributed by atoms with E-state index in [0.717, 1.165) is 0 Å². The monoisotopic (exact) mass is 218 g/mol. The van der Waals surface area contributed by atoms with Crippen LogP contribution in [0.4, 0.5) is 0 Å². The summed E-state index contributed by atoms with van der Waals surface area (Å²) in [6, 6.07) is 0. The summed E-state index contributed by atoms with van der Waals surface area (Å²) in [6.07, 6.45) is 5.05. The second-order valence-corrected chi connectivity index (χ2v) is 3.57. The van der Waals surface area contributed by atoms with Crippen molar-refractivity contribution in [2.24, 2.45) is 0 Å². The minimum Gasteiger partial charge on any atom is -0.354 e. The molecule has 16 heavy (non-hydrogen) atoms. The number of Topliss-reactive ketones (excluding diaryl/α,β-unsaturated/α-hetero) is 1. The second kappa shape index (κ2) is 4.67. The molecule has 0 saturated heterocycles. The van der Waals surface area contributed by atoms with Gasteiger partial charge in [0.2, 0.25) is 0 Å². The van der Waals surface area contributed by atoms with Gasteiger partial charge < -0.3 is 10.3 Å². The number of rotatable bonds is 3. The van der Waals surface area contributed by atoms with E-state index >= 15 is 0 Å². The van der Waals surface area contributed by atoms with Crippen molar-refractivity contribution >= 4 is 11.7 Å². The summed E-state index contributed by atoms with van der Waals surface area (Å²) < 4.78 is 0. The molecule has 1 aromatic heterocycles. The Morgan fingerprint density at radius 1 is 1.44 bits per heavy atom. The molecule has 1 rings (SSSR count). The molecule has 0 aliphatic carbocycles. The number of carbonyl (C=O) groups is 2. The fourth-order valence-corrected chi connectivity index (χ4v) is 1.72. The quantitative estimate of drug-likeness (QED) is 0.591. The molecule has 1 amide bonds. The minimum absolute atomic E-state index is 0.0535. The topological polar surface area (TPSA) is 62.0 Å². The predicted molar refractivity (Wildman–Crippen MR) is 61.4 cm³/mol. The Balaban J connectivity index is 3.08. The van der Waals surface area contributed by atoms with E-state index in [0.29, 0.717) is 22.5 Å². The van der Waals surface area contributed by atoms with Crippen LogP contribution in [0.3, 0.4) is 0 Å². The largest absolute Gasteiger partial charge is 0.354 e. The van der Waals surface area contributed by atoms with Gasteiger partial charge in [0.25, 0.3) is 5.91 Å². The number of carbonyl (C=O) groups excluding carboxylic acids is 2. The number of aromatic amines is 1.